The minimum Gasteiger partial charge on any atom is -0.497 e. The summed E-state index contributed by atoms with van der Waals surface area (Å²) in [4.78, 5) is 19.4. The molecule has 1 aliphatic heterocycles. The Morgan fingerprint density at radius 2 is 2.03 bits per heavy atom. The van der Waals surface area contributed by atoms with Crippen LogP contribution >= 0.6 is 22.9 Å². The number of rotatable bonds is 7. The van der Waals surface area contributed by atoms with Crippen molar-refractivity contribution in [2.24, 2.45) is 0 Å². The number of benzene rings is 2. The number of amides is 1. The van der Waals surface area contributed by atoms with Gasteiger partial charge >= 0.3 is 0 Å². The van der Waals surface area contributed by atoms with Gasteiger partial charge in [-0.15, -0.1) is 0 Å². The number of ether oxygens (including phenoxy) is 2. The van der Waals surface area contributed by atoms with Gasteiger partial charge in [-0.1, -0.05) is 29.0 Å². The molecule has 3 aromatic rings. The highest BCUT2D eigenvalue weighted by molar-refractivity contribution is 7.92. The van der Waals surface area contributed by atoms with E-state index in [2.05, 4.69) is 4.98 Å². The fourth-order valence-electron chi connectivity index (χ4n) is 3.59. The number of anilines is 1. The first-order chi connectivity index (χ1) is 15.3. The molecule has 32 heavy (non-hydrogen) atoms. The van der Waals surface area contributed by atoms with E-state index < -0.39 is 21.5 Å². The summed E-state index contributed by atoms with van der Waals surface area (Å²) in [7, 11) is -2.35. The van der Waals surface area contributed by atoms with E-state index in [-0.39, 0.29) is 17.5 Å². The van der Waals surface area contributed by atoms with Gasteiger partial charge < -0.3 is 9.47 Å². The van der Waals surface area contributed by atoms with Crippen molar-refractivity contribution >= 4 is 54.0 Å². The lowest BCUT2D eigenvalue weighted by Crippen LogP contribution is -2.40. The van der Waals surface area contributed by atoms with Gasteiger partial charge in [0.2, 0.25) is 5.91 Å². The predicted octanol–water partition coefficient (Wildman–Crippen LogP) is 4.25. The fraction of sp³-hybridized carbons (Fsp3) is 0.364. The molecule has 10 heteroatoms. The maximum Gasteiger partial charge on any atom is 0.244 e. The highest BCUT2D eigenvalue weighted by Crippen LogP contribution is 2.36. The lowest BCUT2D eigenvalue weighted by Gasteiger charge is -2.23. The Balaban J connectivity index is 1.66. The molecule has 1 unspecified atom stereocenters. The third-order valence-corrected chi connectivity index (χ3v) is 8.52. The third-order valence-electron chi connectivity index (χ3n) is 5.36. The van der Waals surface area contributed by atoms with Gasteiger partial charge in [-0.3, -0.25) is 9.69 Å². The minimum absolute atomic E-state index is 0.0619. The number of aromatic nitrogens is 1. The molecule has 0 aliphatic carbocycles. The maximum atomic E-state index is 13.3. The monoisotopic (exact) mass is 494 g/mol. The summed E-state index contributed by atoms with van der Waals surface area (Å²) < 4.78 is 37.4. The number of hydrogen-bond acceptors (Lipinski definition) is 7. The first kappa shape index (κ1) is 23.0. The summed E-state index contributed by atoms with van der Waals surface area (Å²) in [6, 6.07) is 9.65. The molecular formula is C22H23ClN2O5S2. The van der Waals surface area contributed by atoms with Crippen molar-refractivity contribution < 1.29 is 22.7 Å². The van der Waals surface area contributed by atoms with E-state index in [1.54, 1.807) is 18.2 Å². The van der Waals surface area contributed by atoms with E-state index in [9.17, 15) is 13.2 Å². The number of carbonyl (C=O) groups excluding carboxylic acids is 1. The van der Waals surface area contributed by atoms with E-state index in [1.165, 1.54) is 35.5 Å². The Morgan fingerprint density at radius 1 is 1.28 bits per heavy atom. The number of carbonyl (C=O) groups is 1. The molecule has 0 saturated carbocycles. The average Bonchev–Trinajstić information content (AvgIpc) is 3.45. The lowest BCUT2D eigenvalue weighted by atomic mass is 10.2. The van der Waals surface area contributed by atoms with Crippen LogP contribution in [-0.2, 0) is 19.4 Å². The van der Waals surface area contributed by atoms with Crippen molar-refractivity contribution in [2.45, 2.75) is 30.8 Å². The largest absolute Gasteiger partial charge is 0.497 e. The van der Waals surface area contributed by atoms with E-state index in [1.807, 2.05) is 13.0 Å². The first-order valence-corrected chi connectivity index (χ1v) is 13.0. The van der Waals surface area contributed by atoms with Crippen molar-refractivity contribution in [3.63, 3.8) is 0 Å². The number of thiazole rings is 1. The van der Waals surface area contributed by atoms with Crippen LogP contribution in [0.5, 0.6) is 5.75 Å². The van der Waals surface area contributed by atoms with Crippen molar-refractivity contribution in [2.75, 3.05) is 30.9 Å². The minimum atomic E-state index is -3.85. The smallest absolute Gasteiger partial charge is 0.244 e. The molecule has 1 saturated heterocycles. The molecule has 0 spiro atoms. The maximum absolute atomic E-state index is 13.3. The van der Waals surface area contributed by atoms with Crippen molar-refractivity contribution in [1.29, 1.82) is 0 Å². The molecule has 4 rings (SSSR count). The molecule has 7 nitrogen and oxygen atoms in total. The lowest BCUT2D eigenvalue weighted by molar-refractivity contribution is -0.116. The molecule has 1 amide bonds. The summed E-state index contributed by atoms with van der Waals surface area (Å²) in [5, 5.41) is 0.964. The SMILES string of the molecule is COc1ccc(S(=O)(=O)CC(=O)N(CC2CCCO2)c2nc3c(C)ccc(Cl)c3s2)cc1. The Hall–Kier alpha value is -2.20. The van der Waals surface area contributed by atoms with Crippen molar-refractivity contribution in [3.05, 3.63) is 47.0 Å². The molecule has 0 N–H and O–H groups in total. The molecule has 0 radical (unpaired) electrons. The van der Waals surface area contributed by atoms with E-state index in [0.717, 1.165) is 23.1 Å². The molecule has 1 fully saturated rings. The Kier molecular flexibility index (Phi) is 6.71. The van der Waals surface area contributed by atoms with Gasteiger partial charge in [-0.25, -0.2) is 13.4 Å². The highest BCUT2D eigenvalue weighted by atomic mass is 35.5. The van der Waals surface area contributed by atoms with E-state index in [4.69, 9.17) is 21.1 Å². The first-order valence-electron chi connectivity index (χ1n) is 10.1. The van der Waals surface area contributed by atoms with Crippen LogP contribution < -0.4 is 9.64 Å². The van der Waals surface area contributed by atoms with Crippen LogP contribution in [-0.4, -0.2) is 51.4 Å². The number of aryl methyl sites for hydroxylation is 1. The number of methoxy groups -OCH3 is 1. The molecule has 1 atom stereocenters. The van der Waals surface area contributed by atoms with Gasteiger partial charge in [-0.2, -0.15) is 0 Å². The van der Waals surface area contributed by atoms with Crippen LogP contribution in [0.25, 0.3) is 10.2 Å². The molecule has 1 aromatic heterocycles. The number of fused-ring (bicyclic) bond motifs is 1. The third kappa shape index (κ3) is 4.76. The van der Waals surface area contributed by atoms with E-state index >= 15 is 0 Å². The van der Waals surface area contributed by atoms with Crippen LogP contribution in [0.15, 0.2) is 41.3 Å². The second-order valence-corrected chi connectivity index (χ2v) is 11.0. The second-order valence-electron chi connectivity index (χ2n) is 7.61. The summed E-state index contributed by atoms with van der Waals surface area (Å²) in [5.41, 5.74) is 1.64. The predicted molar refractivity (Wildman–Crippen MR) is 126 cm³/mol. The molecular weight excluding hydrogens is 472 g/mol. The van der Waals surface area contributed by atoms with Crippen molar-refractivity contribution in [3.8, 4) is 5.75 Å². The normalized spacial score (nSPS) is 16.4. The number of sulfone groups is 1. The summed E-state index contributed by atoms with van der Waals surface area (Å²) in [5.74, 6) is -0.685. The van der Waals surface area contributed by atoms with Crippen LogP contribution in [0.2, 0.25) is 5.02 Å². The fourth-order valence-corrected chi connectivity index (χ4v) is 6.13. The zero-order chi connectivity index (χ0) is 22.9. The zero-order valence-electron chi connectivity index (χ0n) is 17.7. The zero-order valence-corrected chi connectivity index (χ0v) is 20.1. The molecule has 1 aliphatic rings. The van der Waals surface area contributed by atoms with Gasteiger partial charge in [0, 0.05) is 6.61 Å². The molecule has 2 aromatic carbocycles. The van der Waals surface area contributed by atoms with Gasteiger partial charge in [0.15, 0.2) is 15.0 Å². The van der Waals surface area contributed by atoms with E-state index in [0.29, 0.717) is 28.0 Å². The highest BCUT2D eigenvalue weighted by Gasteiger charge is 2.30. The summed E-state index contributed by atoms with van der Waals surface area (Å²) in [6.07, 6.45) is 1.55. The second kappa shape index (κ2) is 9.35. The topological polar surface area (TPSA) is 85.8 Å². The van der Waals surface area contributed by atoms with Gasteiger partial charge in [0.25, 0.3) is 0 Å². The van der Waals surface area contributed by atoms with Crippen LogP contribution in [0, 0.1) is 6.92 Å². The number of halogens is 1. The standard InChI is InChI=1S/C22H23ClN2O5S2/c1-14-5-10-18(23)21-20(14)24-22(31-21)25(12-16-4-3-11-30-16)19(26)13-32(27,28)17-8-6-15(29-2)7-9-17/h5-10,16H,3-4,11-13H2,1-2H3. The number of hydrogen-bond donors (Lipinski definition) is 0. The van der Waals surface area contributed by atoms with Gasteiger partial charge in [0.1, 0.15) is 11.5 Å². The number of nitrogens with zero attached hydrogens (tertiary/aromatic N) is 2. The Bertz CT molecular complexity index is 1200. The summed E-state index contributed by atoms with van der Waals surface area (Å²) in [6.45, 7) is 2.79. The Morgan fingerprint density at radius 3 is 2.66 bits per heavy atom. The van der Waals surface area contributed by atoms with Crippen LogP contribution in [0.4, 0.5) is 5.13 Å². The average molecular weight is 495 g/mol. The molecule has 170 valence electrons. The van der Waals surface area contributed by atoms with Gasteiger partial charge in [0.05, 0.1) is 39.9 Å². The molecule has 2 heterocycles. The van der Waals surface area contributed by atoms with Crippen LogP contribution in [0.1, 0.15) is 18.4 Å². The van der Waals surface area contributed by atoms with Crippen LogP contribution in [0.3, 0.4) is 0 Å². The van der Waals surface area contributed by atoms with Gasteiger partial charge in [-0.05, 0) is 55.7 Å². The molecule has 0 bridgehead atoms. The Labute approximate surface area is 195 Å². The summed E-state index contributed by atoms with van der Waals surface area (Å²) >= 11 is 7.62. The van der Waals surface area contributed by atoms with Crippen molar-refractivity contribution in [1.82, 2.24) is 4.98 Å². The quantitative estimate of drug-likeness (QED) is 0.488.